The van der Waals surface area contributed by atoms with E-state index in [1.54, 1.807) is 0 Å². The number of aromatic nitrogens is 2. The Morgan fingerprint density at radius 2 is 1.94 bits per heavy atom. The molecule has 0 unspecified atom stereocenters. The molecular formula is C26H28N4O2. The number of nitrogens with one attached hydrogen (secondary N) is 2. The van der Waals surface area contributed by atoms with Crippen molar-refractivity contribution in [1.29, 1.82) is 0 Å². The highest BCUT2D eigenvalue weighted by molar-refractivity contribution is 5.94. The smallest absolute Gasteiger partial charge is 0.272 e. The molecule has 6 heteroatoms. The van der Waals surface area contributed by atoms with Crippen LogP contribution >= 0.6 is 0 Å². The van der Waals surface area contributed by atoms with Crippen molar-refractivity contribution in [3.8, 4) is 0 Å². The average molecular weight is 429 g/mol. The molecule has 5 rings (SSSR count). The zero-order valence-corrected chi connectivity index (χ0v) is 18.4. The molecule has 32 heavy (non-hydrogen) atoms. The first-order valence-electron chi connectivity index (χ1n) is 11.4. The van der Waals surface area contributed by atoms with Crippen molar-refractivity contribution in [1.82, 2.24) is 20.4 Å². The van der Waals surface area contributed by atoms with Crippen molar-refractivity contribution in [3.63, 3.8) is 0 Å². The molecule has 0 bridgehead atoms. The maximum atomic E-state index is 13.2. The first kappa shape index (κ1) is 20.5. The Morgan fingerprint density at radius 3 is 2.78 bits per heavy atom. The van der Waals surface area contributed by atoms with Crippen molar-refractivity contribution in [2.75, 3.05) is 6.54 Å². The number of rotatable bonds is 4. The van der Waals surface area contributed by atoms with Gasteiger partial charge in [-0.1, -0.05) is 54.1 Å². The summed E-state index contributed by atoms with van der Waals surface area (Å²) in [6, 6.07) is 16.4. The molecule has 2 aliphatic rings. The second-order valence-corrected chi connectivity index (χ2v) is 8.87. The molecule has 1 aliphatic carbocycles. The van der Waals surface area contributed by atoms with Crippen LogP contribution in [0.3, 0.4) is 0 Å². The fraction of sp³-hybridized carbons (Fsp3) is 0.346. The largest absolute Gasteiger partial charge is 0.344 e. The summed E-state index contributed by atoms with van der Waals surface area (Å²) < 4.78 is 0. The van der Waals surface area contributed by atoms with Gasteiger partial charge in [-0.05, 0) is 42.9 Å². The molecule has 1 aromatic heterocycles. The number of amides is 2. The number of benzene rings is 2. The van der Waals surface area contributed by atoms with Gasteiger partial charge in [0.25, 0.3) is 5.91 Å². The highest BCUT2D eigenvalue weighted by Crippen LogP contribution is 2.30. The average Bonchev–Trinajstić information content (AvgIpc) is 3.24. The topological polar surface area (TPSA) is 78.1 Å². The van der Waals surface area contributed by atoms with Gasteiger partial charge in [0.05, 0.1) is 12.5 Å². The Morgan fingerprint density at radius 1 is 1.12 bits per heavy atom. The standard InChI is InChI=1S/C26H28N4O2/c1-17-9-11-18(12-10-17)15-24(31)30-14-13-23-21(16-30)25(29-28-23)26(32)27-22-8-4-6-19-5-2-3-7-20(19)22/h2-3,5,7,9-12,22H,4,6,8,13-16H2,1H3,(H,27,32)(H,28,29)/t22-/m0/s1. The lowest BCUT2D eigenvalue weighted by atomic mass is 9.87. The molecule has 0 spiro atoms. The number of aromatic amines is 1. The molecule has 2 amide bonds. The Hall–Kier alpha value is -3.41. The minimum absolute atomic E-state index is 0.00247. The lowest BCUT2D eigenvalue weighted by molar-refractivity contribution is -0.131. The van der Waals surface area contributed by atoms with Crippen LogP contribution in [0.1, 0.15) is 62.9 Å². The molecule has 0 saturated carbocycles. The first-order chi connectivity index (χ1) is 15.6. The van der Waals surface area contributed by atoms with Crippen LogP contribution in [0.15, 0.2) is 48.5 Å². The molecular weight excluding hydrogens is 400 g/mol. The van der Waals surface area contributed by atoms with Gasteiger partial charge >= 0.3 is 0 Å². The monoisotopic (exact) mass is 428 g/mol. The minimum atomic E-state index is -0.169. The number of aryl methyl sites for hydroxylation is 2. The lowest BCUT2D eigenvalue weighted by Gasteiger charge is -2.28. The van der Waals surface area contributed by atoms with Gasteiger partial charge in [-0.15, -0.1) is 0 Å². The lowest BCUT2D eigenvalue weighted by Crippen LogP contribution is -2.38. The van der Waals surface area contributed by atoms with E-state index in [0.717, 1.165) is 36.1 Å². The quantitative estimate of drug-likeness (QED) is 0.666. The van der Waals surface area contributed by atoms with E-state index in [-0.39, 0.29) is 17.9 Å². The van der Waals surface area contributed by atoms with E-state index >= 15 is 0 Å². The Balaban J connectivity index is 1.29. The predicted octanol–water partition coefficient (Wildman–Crippen LogP) is 3.65. The summed E-state index contributed by atoms with van der Waals surface area (Å²) in [5.74, 6) is -0.0923. The molecule has 164 valence electrons. The van der Waals surface area contributed by atoms with Crippen LogP contribution < -0.4 is 5.32 Å². The van der Waals surface area contributed by atoms with Crippen LogP contribution in [0.2, 0.25) is 0 Å². The summed E-state index contributed by atoms with van der Waals surface area (Å²) in [6.07, 6.45) is 4.09. The Labute approximate surface area is 188 Å². The van der Waals surface area contributed by atoms with Crippen LogP contribution in [0.4, 0.5) is 0 Å². The van der Waals surface area contributed by atoms with Gasteiger partial charge in [-0.2, -0.15) is 5.10 Å². The van der Waals surface area contributed by atoms with Gasteiger partial charge in [-0.3, -0.25) is 14.7 Å². The normalized spacial score (nSPS) is 17.4. The van der Waals surface area contributed by atoms with Crippen molar-refractivity contribution < 1.29 is 9.59 Å². The van der Waals surface area contributed by atoms with Crippen LogP contribution in [0.25, 0.3) is 0 Å². The number of hydrogen-bond donors (Lipinski definition) is 2. The molecule has 1 atom stereocenters. The number of carbonyl (C=O) groups excluding carboxylic acids is 2. The number of nitrogens with zero attached hydrogens (tertiary/aromatic N) is 2. The highest BCUT2D eigenvalue weighted by atomic mass is 16.2. The van der Waals surface area contributed by atoms with Gasteiger partial charge < -0.3 is 10.2 Å². The number of carbonyl (C=O) groups is 2. The maximum absolute atomic E-state index is 13.2. The van der Waals surface area contributed by atoms with Crippen molar-refractivity contribution >= 4 is 11.8 Å². The molecule has 0 radical (unpaired) electrons. The van der Waals surface area contributed by atoms with Gasteiger partial charge in [-0.25, -0.2) is 0 Å². The van der Waals surface area contributed by atoms with Crippen LogP contribution in [0, 0.1) is 6.92 Å². The third-order valence-electron chi connectivity index (χ3n) is 6.65. The Bertz CT molecular complexity index is 1150. The molecule has 2 heterocycles. The number of fused-ring (bicyclic) bond motifs is 2. The second-order valence-electron chi connectivity index (χ2n) is 8.87. The summed E-state index contributed by atoms with van der Waals surface area (Å²) in [4.78, 5) is 27.9. The van der Waals surface area contributed by atoms with Gasteiger partial charge in [0, 0.05) is 30.8 Å². The molecule has 0 saturated heterocycles. The number of H-pyrrole nitrogens is 1. The van der Waals surface area contributed by atoms with E-state index in [4.69, 9.17) is 0 Å². The SMILES string of the molecule is Cc1ccc(CC(=O)N2CCc3[nH]nc(C(=O)N[C@H]4CCCc5ccccc54)c3C2)cc1. The molecule has 1 aliphatic heterocycles. The molecule has 2 aromatic carbocycles. The summed E-state index contributed by atoms with van der Waals surface area (Å²) in [6.45, 7) is 3.09. The predicted molar refractivity (Wildman–Crippen MR) is 122 cm³/mol. The third-order valence-corrected chi connectivity index (χ3v) is 6.65. The van der Waals surface area contributed by atoms with Crippen LogP contribution in [-0.2, 0) is 30.6 Å². The van der Waals surface area contributed by atoms with E-state index in [0.29, 0.717) is 31.6 Å². The van der Waals surface area contributed by atoms with E-state index in [1.807, 2.05) is 42.2 Å². The van der Waals surface area contributed by atoms with E-state index in [9.17, 15) is 9.59 Å². The van der Waals surface area contributed by atoms with Crippen molar-refractivity contribution in [2.24, 2.45) is 0 Å². The fourth-order valence-electron chi connectivity index (χ4n) is 4.82. The highest BCUT2D eigenvalue weighted by Gasteiger charge is 2.29. The maximum Gasteiger partial charge on any atom is 0.272 e. The summed E-state index contributed by atoms with van der Waals surface area (Å²) >= 11 is 0. The zero-order valence-electron chi connectivity index (χ0n) is 18.4. The summed E-state index contributed by atoms with van der Waals surface area (Å²) in [5.41, 5.74) is 6.91. The number of hydrogen-bond acceptors (Lipinski definition) is 3. The summed E-state index contributed by atoms with van der Waals surface area (Å²) in [7, 11) is 0. The zero-order chi connectivity index (χ0) is 22.1. The third kappa shape index (κ3) is 4.05. The summed E-state index contributed by atoms with van der Waals surface area (Å²) in [5, 5.41) is 10.6. The molecule has 3 aromatic rings. The van der Waals surface area contributed by atoms with E-state index in [1.165, 1.54) is 16.7 Å². The second kappa shape index (κ2) is 8.61. The van der Waals surface area contributed by atoms with E-state index < -0.39 is 0 Å². The molecule has 0 fully saturated rings. The van der Waals surface area contributed by atoms with Gasteiger partial charge in [0.2, 0.25) is 5.91 Å². The van der Waals surface area contributed by atoms with Crippen molar-refractivity contribution in [2.45, 2.75) is 51.6 Å². The van der Waals surface area contributed by atoms with Crippen molar-refractivity contribution in [3.05, 3.63) is 87.7 Å². The first-order valence-corrected chi connectivity index (χ1v) is 11.4. The van der Waals surface area contributed by atoms with Crippen LogP contribution in [-0.4, -0.2) is 33.5 Å². The van der Waals surface area contributed by atoms with Gasteiger partial charge in [0.15, 0.2) is 5.69 Å². The van der Waals surface area contributed by atoms with E-state index in [2.05, 4.69) is 33.7 Å². The van der Waals surface area contributed by atoms with Crippen LogP contribution in [0.5, 0.6) is 0 Å². The van der Waals surface area contributed by atoms with Gasteiger partial charge in [0.1, 0.15) is 0 Å². The molecule has 6 nitrogen and oxygen atoms in total. The Kier molecular flexibility index (Phi) is 5.52. The molecule has 2 N–H and O–H groups in total. The fourth-order valence-corrected chi connectivity index (χ4v) is 4.82. The minimum Gasteiger partial charge on any atom is -0.344 e.